The third kappa shape index (κ3) is 4.44. The number of amides is 1. The fourth-order valence-corrected chi connectivity index (χ4v) is 2.79. The maximum atomic E-state index is 11.8. The quantitative estimate of drug-likeness (QED) is 0.801. The Balaban J connectivity index is 1.58. The number of nitrogens with one attached hydrogen (secondary N) is 2. The molecular weight excluding hydrogens is 316 g/mol. The first kappa shape index (κ1) is 16.7. The Morgan fingerprint density at radius 1 is 1.32 bits per heavy atom. The van der Waals surface area contributed by atoms with E-state index < -0.39 is 0 Å². The Morgan fingerprint density at radius 3 is 2.88 bits per heavy atom. The summed E-state index contributed by atoms with van der Waals surface area (Å²) in [5.41, 5.74) is 0.490. The molecule has 0 bridgehead atoms. The van der Waals surface area contributed by atoms with Crippen LogP contribution >= 0.6 is 0 Å². The van der Waals surface area contributed by atoms with Crippen LogP contribution in [0.2, 0.25) is 0 Å². The first-order valence-corrected chi connectivity index (χ1v) is 8.22. The minimum atomic E-state index is -0.220. The normalized spacial score (nSPS) is 16.8. The largest absolute Gasteiger partial charge is 0.366 e. The number of aromatic nitrogens is 3. The summed E-state index contributed by atoms with van der Waals surface area (Å²) >= 11 is 0. The van der Waals surface area contributed by atoms with Crippen molar-refractivity contribution in [3.63, 3.8) is 0 Å². The lowest BCUT2D eigenvalue weighted by Crippen LogP contribution is -2.43. The minimum Gasteiger partial charge on any atom is -0.366 e. The molecule has 0 aromatic carbocycles. The maximum Gasteiger partial charge on any atom is 0.253 e. The van der Waals surface area contributed by atoms with Crippen LogP contribution in [0.1, 0.15) is 23.2 Å². The molecule has 2 aromatic heterocycles. The van der Waals surface area contributed by atoms with E-state index in [0.29, 0.717) is 5.56 Å². The van der Waals surface area contributed by atoms with Gasteiger partial charge in [-0.2, -0.15) is 0 Å². The molecule has 1 aliphatic heterocycles. The van der Waals surface area contributed by atoms with Crippen LogP contribution in [-0.2, 0) is 0 Å². The molecule has 0 unspecified atom stereocenters. The second-order valence-electron chi connectivity index (χ2n) is 5.80. The highest BCUT2D eigenvalue weighted by Crippen LogP contribution is 2.18. The Bertz CT molecular complexity index is 740. The van der Waals surface area contributed by atoms with Crippen molar-refractivity contribution in [1.29, 1.82) is 0 Å². The highest BCUT2D eigenvalue weighted by Gasteiger charge is 2.21. The van der Waals surface area contributed by atoms with Gasteiger partial charge in [-0.05, 0) is 31.0 Å². The van der Waals surface area contributed by atoms with Crippen LogP contribution in [0.3, 0.4) is 0 Å². The summed E-state index contributed by atoms with van der Waals surface area (Å²) in [5.74, 6) is 3.65. The number of rotatable bonds is 5. The fourth-order valence-electron chi connectivity index (χ4n) is 2.79. The summed E-state index contributed by atoms with van der Waals surface area (Å²) in [4.78, 5) is 26.9. The van der Waals surface area contributed by atoms with Gasteiger partial charge in [0.25, 0.3) is 5.91 Å². The van der Waals surface area contributed by atoms with E-state index in [2.05, 4.69) is 36.4 Å². The van der Waals surface area contributed by atoms with Crippen LogP contribution in [-0.4, -0.2) is 46.5 Å². The number of carbonyl (C=O) groups excluding carboxylic acids is 1. The summed E-state index contributed by atoms with van der Waals surface area (Å²) in [6.07, 6.45) is 12.3. The molecule has 0 aliphatic carbocycles. The number of carbonyl (C=O) groups is 1. The van der Waals surface area contributed by atoms with Crippen molar-refractivity contribution in [1.82, 2.24) is 20.3 Å². The minimum absolute atomic E-state index is 0.207. The molecule has 128 valence electrons. The predicted molar refractivity (Wildman–Crippen MR) is 96.3 cm³/mol. The summed E-state index contributed by atoms with van der Waals surface area (Å²) in [5, 5.41) is 6.03. The predicted octanol–water partition coefficient (Wildman–Crippen LogP) is 1.32. The SMILES string of the molecule is C#CCNC(=O)c1ccc(N[C@H]2CCCN(c3ncccn3)C2)nc1. The summed E-state index contributed by atoms with van der Waals surface area (Å²) in [6, 6.07) is 5.62. The lowest BCUT2D eigenvalue weighted by Gasteiger charge is -2.33. The van der Waals surface area contributed by atoms with Crippen molar-refractivity contribution in [3.8, 4) is 12.3 Å². The van der Waals surface area contributed by atoms with E-state index in [4.69, 9.17) is 6.42 Å². The maximum absolute atomic E-state index is 11.8. The second kappa shape index (κ2) is 8.11. The van der Waals surface area contributed by atoms with Gasteiger partial charge in [0.15, 0.2) is 0 Å². The number of terminal acetylenes is 1. The van der Waals surface area contributed by atoms with Gasteiger partial charge >= 0.3 is 0 Å². The number of hydrogen-bond donors (Lipinski definition) is 2. The number of hydrogen-bond acceptors (Lipinski definition) is 6. The molecule has 0 spiro atoms. The van der Waals surface area contributed by atoms with Gasteiger partial charge in [0.2, 0.25) is 5.95 Å². The summed E-state index contributed by atoms with van der Waals surface area (Å²) < 4.78 is 0. The zero-order valence-corrected chi connectivity index (χ0v) is 13.9. The molecule has 25 heavy (non-hydrogen) atoms. The number of pyridine rings is 1. The van der Waals surface area contributed by atoms with Crippen LogP contribution in [0.4, 0.5) is 11.8 Å². The molecule has 2 aromatic rings. The lowest BCUT2D eigenvalue weighted by atomic mass is 10.1. The van der Waals surface area contributed by atoms with Gasteiger partial charge in [0, 0.05) is 37.7 Å². The smallest absolute Gasteiger partial charge is 0.253 e. The molecule has 1 aliphatic rings. The van der Waals surface area contributed by atoms with E-state index >= 15 is 0 Å². The molecular formula is C18H20N6O. The van der Waals surface area contributed by atoms with Crippen molar-refractivity contribution in [2.75, 3.05) is 29.9 Å². The molecule has 0 radical (unpaired) electrons. The van der Waals surface area contributed by atoms with Crippen LogP contribution in [0, 0.1) is 12.3 Å². The van der Waals surface area contributed by atoms with E-state index in [1.165, 1.54) is 0 Å². The molecule has 1 amide bonds. The van der Waals surface area contributed by atoms with Crippen LogP contribution in [0.15, 0.2) is 36.8 Å². The number of piperidine rings is 1. The summed E-state index contributed by atoms with van der Waals surface area (Å²) in [6.45, 7) is 1.97. The van der Waals surface area contributed by atoms with Crippen LogP contribution in [0.25, 0.3) is 0 Å². The molecule has 3 heterocycles. The Hall–Kier alpha value is -3.14. The molecule has 2 N–H and O–H groups in total. The Morgan fingerprint density at radius 2 is 2.16 bits per heavy atom. The molecule has 0 saturated carbocycles. The van der Waals surface area contributed by atoms with Gasteiger partial charge in [-0.15, -0.1) is 6.42 Å². The van der Waals surface area contributed by atoms with Crippen molar-refractivity contribution < 1.29 is 4.79 Å². The highest BCUT2D eigenvalue weighted by atomic mass is 16.1. The number of anilines is 2. The average molecular weight is 336 g/mol. The van der Waals surface area contributed by atoms with E-state index in [0.717, 1.165) is 37.7 Å². The molecule has 1 fully saturated rings. The fraction of sp³-hybridized carbons (Fsp3) is 0.333. The van der Waals surface area contributed by atoms with Gasteiger partial charge in [-0.1, -0.05) is 5.92 Å². The molecule has 1 atom stereocenters. The first-order chi connectivity index (χ1) is 12.3. The van der Waals surface area contributed by atoms with E-state index in [-0.39, 0.29) is 18.5 Å². The molecule has 7 nitrogen and oxygen atoms in total. The van der Waals surface area contributed by atoms with Crippen LogP contribution < -0.4 is 15.5 Å². The van der Waals surface area contributed by atoms with Gasteiger partial charge in [0.05, 0.1) is 12.1 Å². The van der Waals surface area contributed by atoms with Gasteiger partial charge < -0.3 is 15.5 Å². The van der Waals surface area contributed by atoms with Crippen molar-refractivity contribution >= 4 is 17.7 Å². The van der Waals surface area contributed by atoms with Crippen molar-refractivity contribution in [3.05, 3.63) is 42.4 Å². The van der Waals surface area contributed by atoms with Crippen molar-refractivity contribution in [2.24, 2.45) is 0 Å². The molecule has 3 rings (SSSR count). The first-order valence-electron chi connectivity index (χ1n) is 8.22. The third-order valence-electron chi connectivity index (χ3n) is 3.99. The van der Waals surface area contributed by atoms with Gasteiger partial charge in [-0.3, -0.25) is 4.79 Å². The second-order valence-corrected chi connectivity index (χ2v) is 5.80. The monoisotopic (exact) mass is 336 g/mol. The molecule has 1 saturated heterocycles. The topological polar surface area (TPSA) is 83.0 Å². The van der Waals surface area contributed by atoms with E-state index in [1.807, 2.05) is 12.1 Å². The summed E-state index contributed by atoms with van der Waals surface area (Å²) in [7, 11) is 0. The van der Waals surface area contributed by atoms with E-state index in [1.54, 1.807) is 24.7 Å². The Kier molecular flexibility index (Phi) is 5.42. The van der Waals surface area contributed by atoms with Gasteiger partial charge in [0.1, 0.15) is 5.82 Å². The van der Waals surface area contributed by atoms with Crippen molar-refractivity contribution in [2.45, 2.75) is 18.9 Å². The zero-order valence-electron chi connectivity index (χ0n) is 13.9. The highest BCUT2D eigenvalue weighted by molar-refractivity contribution is 5.94. The number of nitrogens with zero attached hydrogens (tertiary/aromatic N) is 4. The molecule has 7 heteroatoms. The standard InChI is InChI=1S/C18H20N6O/c1-2-8-19-17(25)14-6-7-16(22-12-14)23-15-5-3-11-24(13-15)18-20-9-4-10-21-18/h1,4,6-7,9-10,12,15H,3,5,8,11,13H2,(H,19,25)(H,22,23)/t15-/m0/s1. The van der Waals surface area contributed by atoms with Gasteiger partial charge in [-0.25, -0.2) is 15.0 Å². The van der Waals surface area contributed by atoms with E-state index in [9.17, 15) is 4.79 Å². The zero-order chi connectivity index (χ0) is 17.5. The van der Waals surface area contributed by atoms with Crippen LogP contribution in [0.5, 0.6) is 0 Å². The lowest BCUT2D eigenvalue weighted by molar-refractivity contribution is 0.0958. The third-order valence-corrected chi connectivity index (χ3v) is 3.99. The average Bonchev–Trinajstić information content (AvgIpc) is 2.67. The Labute approximate surface area is 146 Å².